The van der Waals surface area contributed by atoms with Crippen LogP contribution >= 0.6 is 11.3 Å². The van der Waals surface area contributed by atoms with Crippen molar-refractivity contribution in [2.75, 3.05) is 11.9 Å². The Hall–Kier alpha value is -2.60. The second kappa shape index (κ2) is 6.85. The lowest BCUT2D eigenvalue weighted by molar-refractivity contribution is 0.0988. The Morgan fingerprint density at radius 2 is 1.85 bits per heavy atom. The summed E-state index contributed by atoms with van der Waals surface area (Å²) in [6.45, 7) is 6.35. The zero-order valence-corrected chi connectivity index (χ0v) is 17.1. The number of carbonyl (C=O) groups excluding carboxylic acids is 1. The number of thiophene rings is 1. The number of rotatable bonds is 3. The SMILES string of the molecule is CN(C(=O)c1c(O)c2c(CC(C)(C)C)csc2n(C)c1=O)c1ccccc1. The van der Waals surface area contributed by atoms with Crippen molar-refractivity contribution in [1.29, 1.82) is 0 Å². The molecule has 2 aromatic heterocycles. The highest BCUT2D eigenvalue weighted by atomic mass is 32.1. The molecule has 0 aliphatic heterocycles. The molecule has 0 saturated carbocycles. The minimum Gasteiger partial charge on any atom is -0.506 e. The Balaban J connectivity index is 2.20. The van der Waals surface area contributed by atoms with Crippen molar-refractivity contribution in [2.45, 2.75) is 27.2 Å². The lowest BCUT2D eigenvalue weighted by Gasteiger charge is -2.20. The van der Waals surface area contributed by atoms with Gasteiger partial charge in [-0.05, 0) is 34.9 Å². The highest BCUT2D eigenvalue weighted by Crippen LogP contribution is 2.37. The van der Waals surface area contributed by atoms with Crippen LogP contribution in [-0.4, -0.2) is 22.6 Å². The molecular formula is C21H24N2O3S. The molecule has 2 heterocycles. The van der Waals surface area contributed by atoms with Gasteiger partial charge in [0.25, 0.3) is 11.5 Å². The van der Waals surface area contributed by atoms with Gasteiger partial charge < -0.3 is 14.6 Å². The van der Waals surface area contributed by atoms with E-state index in [0.29, 0.717) is 15.9 Å². The standard InChI is InChI=1S/C21H24N2O3S/c1-21(2,3)11-13-12-27-20-15(13)17(24)16(19(26)23(20)5)18(25)22(4)14-9-7-6-8-10-14/h6-10,12,24H,11H2,1-5H3. The first kappa shape index (κ1) is 19.2. The number of nitrogens with zero attached hydrogens (tertiary/aromatic N) is 2. The number of hydrogen-bond acceptors (Lipinski definition) is 4. The Bertz CT molecular complexity index is 1060. The monoisotopic (exact) mass is 384 g/mol. The number of fused-ring (bicyclic) bond motifs is 1. The van der Waals surface area contributed by atoms with Gasteiger partial charge in [-0.25, -0.2) is 0 Å². The molecule has 3 aromatic rings. The maximum atomic E-state index is 13.1. The summed E-state index contributed by atoms with van der Waals surface area (Å²) in [7, 11) is 3.24. The van der Waals surface area contributed by atoms with Crippen molar-refractivity contribution in [1.82, 2.24) is 4.57 Å². The van der Waals surface area contributed by atoms with Crippen LogP contribution in [0.25, 0.3) is 10.2 Å². The van der Waals surface area contributed by atoms with Gasteiger partial charge in [0.15, 0.2) is 0 Å². The first-order valence-corrected chi connectivity index (χ1v) is 9.65. The zero-order valence-electron chi connectivity index (χ0n) is 16.2. The van der Waals surface area contributed by atoms with Crippen molar-refractivity contribution in [2.24, 2.45) is 12.5 Å². The minimum atomic E-state index is -0.519. The second-order valence-corrected chi connectivity index (χ2v) is 8.82. The van der Waals surface area contributed by atoms with Gasteiger partial charge in [-0.1, -0.05) is 39.0 Å². The van der Waals surface area contributed by atoms with Crippen molar-refractivity contribution < 1.29 is 9.90 Å². The molecule has 142 valence electrons. The number of para-hydroxylation sites is 1. The molecule has 5 nitrogen and oxygen atoms in total. The molecule has 0 fully saturated rings. The van der Waals surface area contributed by atoms with Gasteiger partial charge in [0.1, 0.15) is 16.1 Å². The molecule has 0 radical (unpaired) electrons. The van der Waals surface area contributed by atoms with E-state index in [0.717, 1.165) is 12.0 Å². The fraction of sp³-hybridized carbons (Fsp3) is 0.333. The topological polar surface area (TPSA) is 62.5 Å². The van der Waals surface area contributed by atoms with Crippen molar-refractivity contribution >= 4 is 33.1 Å². The maximum Gasteiger partial charge on any atom is 0.268 e. The third-order valence-electron chi connectivity index (χ3n) is 4.53. The summed E-state index contributed by atoms with van der Waals surface area (Å²) in [5, 5.41) is 13.5. The van der Waals surface area contributed by atoms with Gasteiger partial charge in [0.05, 0.1) is 5.39 Å². The molecule has 3 rings (SSSR count). The largest absolute Gasteiger partial charge is 0.506 e. The predicted molar refractivity (Wildman–Crippen MR) is 111 cm³/mol. The third kappa shape index (κ3) is 3.49. The normalized spacial score (nSPS) is 11.7. The number of aromatic nitrogens is 1. The average molecular weight is 385 g/mol. The lowest BCUT2D eigenvalue weighted by atomic mass is 9.88. The predicted octanol–water partition coefficient (Wildman–Crippen LogP) is 4.17. The van der Waals surface area contributed by atoms with E-state index in [1.165, 1.54) is 20.8 Å². The van der Waals surface area contributed by atoms with Crippen molar-refractivity contribution in [3.05, 3.63) is 57.2 Å². The molecule has 1 N–H and O–H groups in total. The molecule has 1 aromatic carbocycles. The Morgan fingerprint density at radius 3 is 2.44 bits per heavy atom. The second-order valence-electron chi connectivity index (χ2n) is 7.97. The molecule has 0 aliphatic rings. The van der Waals surface area contributed by atoms with E-state index < -0.39 is 11.5 Å². The first-order chi connectivity index (χ1) is 12.6. The summed E-state index contributed by atoms with van der Waals surface area (Å²) in [5.74, 6) is -0.740. The summed E-state index contributed by atoms with van der Waals surface area (Å²) in [6.07, 6.45) is 0.737. The van der Waals surface area contributed by atoms with E-state index in [2.05, 4.69) is 20.8 Å². The van der Waals surface area contributed by atoms with Crippen LogP contribution in [0.1, 0.15) is 36.7 Å². The number of anilines is 1. The third-order valence-corrected chi connectivity index (χ3v) is 5.63. The summed E-state index contributed by atoms with van der Waals surface area (Å²) in [5.41, 5.74) is 0.943. The van der Waals surface area contributed by atoms with Gasteiger partial charge in [0.2, 0.25) is 0 Å². The van der Waals surface area contributed by atoms with Crippen LogP contribution in [0.2, 0.25) is 0 Å². The zero-order chi connectivity index (χ0) is 19.9. The molecule has 0 unspecified atom stereocenters. The fourth-order valence-corrected chi connectivity index (χ4v) is 4.24. The van der Waals surface area contributed by atoms with Crippen LogP contribution in [0.15, 0.2) is 40.5 Å². The Morgan fingerprint density at radius 1 is 1.22 bits per heavy atom. The van der Waals surface area contributed by atoms with Crippen molar-refractivity contribution in [3.63, 3.8) is 0 Å². The lowest BCUT2D eigenvalue weighted by Crippen LogP contribution is -2.34. The molecule has 27 heavy (non-hydrogen) atoms. The van der Waals surface area contributed by atoms with Gasteiger partial charge in [-0.15, -0.1) is 11.3 Å². The quantitative estimate of drug-likeness (QED) is 0.737. The smallest absolute Gasteiger partial charge is 0.268 e. The average Bonchev–Trinajstić information content (AvgIpc) is 3.02. The van der Waals surface area contributed by atoms with E-state index in [4.69, 9.17) is 0 Å². The number of carbonyl (C=O) groups is 1. The molecule has 0 atom stereocenters. The first-order valence-electron chi connectivity index (χ1n) is 8.77. The van der Waals surface area contributed by atoms with Crippen LogP contribution in [0.5, 0.6) is 5.75 Å². The number of pyridine rings is 1. The molecule has 0 saturated heterocycles. The van der Waals surface area contributed by atoms with Crippen LogP contribution in [-0.2, 0) is 13.5 Å². The minimum absolute atomic E-state index is 0.0140. The molecular weight excluding hydrogens is 360 g/mol. The van der Waals surface area contributed by atoms with Gasteiger partial charge >= 0.3 is 0 Å². The number of hydrogen-bond donors (Lipinski definition) is 1. The van der Waals surface area contributed by atoms with E-state index >= 15 is 0 Å². The summed E-state index contributed by atoms with van der Waals surface area (Å²) in [6, 6.07) is 9.07. The van der Waals surface area contributed by atoms with E-state index in [1.807, 2.05) is 23.6 Å². The van der Waals surface area contributed by atoms with Crippen LogP contribution in [0, 0.1) is 5.41 Å². The van der Waals surface area contributed by atoms with Gasteiger partial charge in [-0.3, -0.25) is 9.59 Å². The van der Waals surface area contributed by atoms with Gasteiger partial charge in [-0.2, -0.15) is 0 Å². The van der Waals surface area contributed by atoms with E-state index in [1.54, 1.807) is 26.2 Å². The van der Waals surface area contributed by atoms with Crippen LogP contribution in [0.4, 0.5) is 5.69 Å². The number of amides is 1. The van der Waals surface area contributed by atoms with Gasteiger partial charge in [0, 0.05) is 19.8 Å². The van der Waals surface area contributed by atoms with Crippen LogP contribution < -0.4 is 10.5 Å². The molecule has 1 amide bonds. The molecule has 0 aliphatic carbocycles. The molecule has 6 heteroatoms. The van der Waals surface area contributed by atoms with E-state index in [-0.39, 0.29) is 16.7 Å². The Labute approximate surface area is 162 Å². The summed E-state index contributed by atoms with van der Waals surface area (Å²) < 4.78 is 1.46. The maximum absolute atomic E-state index is 13.1. The number of aryl methyl sites for hydroxylation is 1. The Kier molecular flexibility index (Phi) is 4.86. The highest BCUT2D eigenvalue weighted by molar-refractivity contribution is 7.17. The van der Waals surface area contributed by atoms with Crippen LogP contribution in [0.3, 0.4) is 0 Å². The van der Waals surface area contributed by atoms with E-state index in [9.17, 15) is 14.7 Å². The fourth-order valence-electron chi connectivity index (χ4n) is 3.20. The molecule has 0 bridgehead atoms. The molecule has 0 spiro atoms. The highest BCUT2D eigenvalue weighted by Gasteiger charge is 2.27. The van der Waals surface area contributed by atoms with Crippen molar-refractivity contribution in [3.8, 4) is 5.75 Å². The number of benzene rings is 1. The summed E-state index contributed by atoms with van der Waals surface area (Å²) >= 11 is 1.41. The summed E-state index contributed by atoms with van der Waals surface area (Å²) in [4.78, 5) is 28.0. The number of aromatic hydroxyl groups is 1.